The van der Waals surface area contributed by atoms with Gasteiger partial charge in [-0.1, -0.05) is 36.2 Å². The highest BCUT2D eigenvalue weighted by atomic mass is 35.5. The summed E-state index contributed by atoms with van der Waals surface area (Å²) in [4.78, 5) is 28.0. The fraction of sp³-hybridized carbons (Fsp3) is 0.600. The third-order valence-electron chi connectivity index (χ3n) is 5.16. The van der Waals surface area contributed by atoms with Gasteiger partial charge in [-0.3, -0.25) is 4.79 Å². The molecule has 0 aromatic heterocycles. The van der Waals surface area contributed by atoms with Crippen LogP contribution >= 0.6 is 23.2 Å². The number of halogens is 5. The van der Waals surface area contributed by atoms with Crippen molar-refractivity contribution in [1.29, 1.82) is 0 Å². The van der Waals surface area contributed by atoms with Crippen molar-refractivity contribution in [3.05, 3.63) is 33.8 Å². The van der Waals surface area contributed by atoms with Crippen LogP contribution in [0.3, 0.4) is 0 Å². The maximum Gasteiger partial charge on any atom is 0.410 e. The van der Waals surface area contributed by atoms with E-state index in [-0.39, 0.29) is 28.7 Å². The molecule has 0 saturated carbocycles. The van der Waals surface area contributed by atoms with Crippen LogP contribution in [0, 0.1) is 0 Å². The van der Waals surface area contributed by atoms with Gasteiger partial charge >= 0.3 is 12.3 Å². The van der Waals surface area contributed by atoms with Crippen molar-refractivity contribution in [3.8, 4) is 0 Å². The SMILES string of the molecule is CCC(C)(C)OC(=O)N1CC[C@H](N(CCC(F)(F)F)C(=O)c2cccc(Cl)c2Cl)C1. The van der Waals surface area contributed by atoms with Crippen LogP contribution in [0.5, 0.6) is 0 Å². The summed E-state index contributed by atoms with van der Waals surface area (Å²) < 4.78 is 44.1. The molecule has 1 aromatic carbocycles. The zero-order chi connectivity index (χ0) is 22.7. The summed E-state index contributed by atoms with van der Waals surface area (Å²) in [7, 11) is 0. The molecule has 0 aliphatic carbocycles. The molecule has 10 heteroatoms. The first kappa shape index (κ1) is 24.6. The first-order valence-electron chi connectivity index (χ1n) is 9.64. The number of ether oxygens (including phenoxy) is 1. The van der Waals surface area contributed by atoms with Crippen molar-refractivity contribution in [1.82, 2.24) is 9.80 Å². The third kappa shape index (κ3) is 6.41. The summed E-state index contributed by atoms with van der Waals surface area (Å²) in [5.74, 6) is -0.652. The number of carbonyl (C=O) groups is 2. The molecular weight excluding hydrogens is 444 g/mol. The normalized spacial score (nSPS) is 17.2. The summed E-state index contributed by atoms with van der Waals surface area (Å²) in [5.41, 5.74) is -0.630. The Morgan fingerprint density at radius 3 is 2.53 bits per heavy atom. The first-order chi connectivity index (χ1) is 13.8. The van der Waals surface area contributed by atoms with Gasteiger partial charge in [0, 0.05) is 19.6 Å². The predicted molar refractivity (Wildman–Crippen MR) is 109 cm³/mol. The molecule has 1 heterocycles. The number of nitrogens with zero attached hydrogens (tertiary/aromatic N) is 2. The molecule has 1 aromatic rings. The van der Waals surface area contributed by atoms with Crippen LogP contribution in [0.15, 0.2) is 18.2 Å². The van der Waals surface area contributed by atoms with Crippen molar-refractivity contribution >= 4 is 35.2 Å². The van der Waals surface area contributed by atoms with Gasteiger partial charge in [0.15, 0.2) is 0 Å². The van der Waals surface area contributed by atoms with E-state index in [2.05, 4.69) is 0 Å². The lowest BCUT2D eigenvalue weighted by Gasteiger charge is -2.31. The van der Waals surface area contributed by atoms with Gasteiger partial charge in [-0.25, -0.2) is 4.79 Å². The Bertz CT molecular complexity index is 787. The summed E-state index contributed by atoms with van der Waals surface area (Å²) in [6.45, 7) is 5.26. The van der Waals surface area contributed by atoms with Crippen LogP contribution in [0.4, 0.5) is 18.0 Å². The van der Waals surface area contributed by atoms with Crippen LogP contribution in [-0.4, -0.2) is 59.3 Å². The number of hydrogen-bond acceptors (Lipinski definition) is 3. The number of benzene rings is 1. The number of amides is 2. The highest BCUT2D eigenvalue weighted by Gasteiger charge is 2.38. The average Bonchev–Trinajstić information content (AvgIpc) is 3.13. The molecule has 30 heavy (non-hydrogen) atoms. The Morgan fingerprint density at radius 2 is 1.93 bits per heavy atom. The number of hydrogen-bond donors (Lipinski definition) is 0. The maximum atomic E-state index is 13.1. The molecule has 1 fully saturated rings. The monoisotopic (exact) mass is 468 g/mol. The molecule has 2 rings (SSSR count). The fourth-order valence-corrected chi connectivity index (χ4v) is 3.44. The zero-order valence-electron chi connectivity index (χ0n) is 17.1. The Morgan fingerprint density at radius 1 is 1.27 bits per heavy atom. The second-order valence-corrected chi connectivity index (χ2v) is 8.62. The van der Waals surface area contributed by atoms with Crippen LogP contribution < -0.4 is 0 Å². The quantitative estimate of drug-likeness (QED) is 0.530. The summed E-state index contributed by atoms with van der Waals surface area (Å²) in [6.07, 6.45) is -5.20. The molecule has 0 unspecified atom stereocenters. The van der Waals surface area contributed by atoms with Gasteiger partial charge in [-0.05, 0) is 38.8 Å². The summed E-state index contributed by atoms with van der Waals surface area (Å²) in [6, 6.07) is 3.83. The maximum absolute atomic E-state index is 13.1. The molecule has 168 valence electrons. The van der Waals surface area contributed by atoms with Crippen molar-refractivity contribution in [2.75, 3.05) is 19.6 Å². The van der Waals surface area contributed by atoms with Crippen molar-refractivity contribution in [2.24, 2.45) is 0 Å². The number of likely N-dealkylation sites (tertiary alicyclic amines) is 1. The molecule has 1 aliphatic rings. The lowest BCUT2D eigenvalue weighted by Crippen LogP contribution is -2.45. The Hall–Kier alpha value is -1.67. The second-order valence-electron chi connectivity index (χ2n) is 7.83. The van der Waals surface area contributed by atoms with E-state index in [4.69, 9.17) is 27.9 Å². The molecule has 0 N–H and O–H groups in total. The minimum absolute atomic E-state index is 0.0138. The van der Waals surface area contributed by atoms with E-state index in [1.165, 1.54) is 23.1 Å². The van der Waals surface area contributed by atoms with Gasteiger partial charge in [0.25, 0.3) is 5.91 Å². The Labute approximate surface area is 184 Å². The Kier molecular flexibility index (Phi) is 7.91. The molecule has 0 bridgehead atoms. The van der Waals surface area contributed by atoms with Crippen LogP contribution in [0.1, 0.15) is 50.4 Å². The van der Waals surface area contributed by atoms with Gasteiger partial charge in [0.05, 0.1) is 28.1 Å². The van der Waals surface area contributed by atoms with Gasteiger partial charge < -0.3 is 14.5 Å². The van der Waals surface area contributed by atoms with Crippen molar-refractivity contribution < 1.29 is 27.5 Å². The van der Waals surface area contributed by atoms with E-state index in [0.29, 0.717) is 12.8 Å². The standard InChI is InChI=1S/C20H25Cl2F3N2O3/c1-4-19(2,3)30-18(29)26-10-8-13(12-26)27(11-9-20(23,24)25)17(28)14-6-5-7-15(21)16(14)22/h5-7,13H,4,8-12H2,1-3H3/t13-/m0/s1. The number of alkyl halides is 3. The molecule has 2 amide bonds. The van der Waals surface area contributed by atoms with E-state index in [0.717, 1.165) is 4.90 Å². The lowest BCUT2D eigenvalue weighted by molar-refractivity contribution is -0.137. The van der Waals surface area contributed by atoms with Crippen LogP contribution in [0.25, 0.3) is 0 Å². The predicted octanol–water partition coefficient (Wildman–Crippen LogP) is 5.79. The molecule has 0 radical (unpaired) electrons. The molecule has 1 atom stereocenters. The fourth-order valence-electron chi connectivity index (χ4n) is 3.06. The molecular formula is C20H25Cl2F3N2O3. The van der Waals surface area contributed by atoms with Gasteiger partial charge in [0.1, 0.15) is 5.60 Å². The van der Waals surface area contributed by atoms with E-state index in [9.17, 15) is 22.8 Å². The minimum Gasteiger partial charge on any atom is -0.443 e. The smallest absolute Gasteiger partial charge is 0.410 e. The van der Waals surface area contributed by atoms with E-state index < -0.39 is 42.8 Å². The summed E-state index contributed by atoms with van der Waals surface area (Å²) >= 11 is 12.1. The first-order valence-corrected chi connectivity index (χ1v) is 10.4. The zero-order valence-corrected chi connectivity index (χ0v) is 18.6. The van der Waals surface area contributed by atoms with E-state index in [1.54, 1.807) is 13.8 Å². The van der Waals surface area contributed by atoms with Crippen molar-refractivity contribution in [3.63, 3.8) is 0 Å². The average molecular weight is 469 g/mol. The van der Waals surface area contributed by atoms with Crippen LogP contribution in [0.2, 0.25) is 10.0 Å². The molecule has 0 spiro atoms. The number of rotatable bonds is 6. The van der Waals surface area contributed by atoms with E-state index in [1.807, 2.05) is 6.92 Å². The van der Waals surface area contributed by atoms with Crippen molar-refractivity contribution in [2.45, 2.75) is 57.9 Å². The number of carbonyl (C=O) groups excluding carboxylic acids is 2. The van der Waals surface area contributed by atoms with Crippen LogP contribution in [-0.2, 0) is 4.74 Å². The highest BCUT2D eigenvalue weighted by Crippen LogP contribution is 2.30. The van der Waals surface area contributed by atoms with E-state index >= 15 is 0 Å². The second kappa shape index (κ2) is 9.64. The lowest BCUT2D eigenvalue weighted by atomic mass is 10.1. The topological polar surface area (TPSA) is 49.9 Å². The minimum atomic E-state index is -4.43. The molecule has 1 saturated heterocycles. The van der Waals surface area contributed by atoms with Gasteiger partial charge in [0.2, 0.25) is 0 Å². The Balaban J connectivity index is 2.20. The molecule has 5 nitrogen and oxygen atoms in total. The van der Waals surface area contributed by atoms with Gasteiger partial charge in [-0.2, -0.15) is 13.2 Å². The summed E-state index contributed by atoms with van der Waals surface area (Å²) in [5, 5.41) is 0.122. The largest absolute Gasteiger partial charge is 0.443 e. The van der Waals surface area contributed by atoms with Gasteiger partial charge in [-0.15, -0.1) is 0 Å². The third-order valence-corrected chi connectivity index (χ3v) is 5.98. The molecule has 1 aliphatic heterocycles. The highest BCUT2D eigenvalue weighted by molar-refractivity contribution is 6.43.